The molecule has 0 spiro atoms. The van der Waals surface area contributed by atoms with Crippen molar-refractivity contribution in [2.24, 2.45) is 5.92 Å². The normalized spacial score (nSPS) is 13.7. The van der Waals surface area contributed by atoms with Gasteiger partial charge in [-0.25, -0.2) is 14.4 Å². The number of hydrogen-bond donors (Lipinski definition) is 2. The Kier molecular flexibility index (Phi) is 4.91. The summed E-state index contributed by atoms with van der Waals surface area (Å²) in [6.45, 7) is 0.102. The molecule has 29 heavy (non-hydrogen) atoms. The second kappa shape index (κ2) is 7.67. The van der Waals surface area contributed by atoms with Gasteiger partial charge in [-0.05, 0) is 5.56 Å². The highest BCUT2D eigenvalue weighted by Gasteiger charge is 2.30. The standard InChI is InChI=1S/C20H17FN6O2/c21-5-12-1-3-14(4-2-12)16-8-24-19-18(26-16)15(7-23-19)20(29)25-9-17(28)27-10-13(6-22)11-27/h1-4,7-8,13H,5,9-11H2,(H,23,24)(H,25,29). The molecular weight excluding hydrogens is 375 g/mol. The highest BCUT2D eigenvalue weighted by molar-refractivity contribution is 6.05. The van der Waals surface area contributed by atoms with Gasteiger partial charge in [-0.2, -0.15) is 5.26 Å². The number of carbonyl (C=O) groups excluding carboxylic acids is 2. The first-order valence-corrected chi connectivity index (χ1v) is 9.04. The molecule has 2 aromatic heterocycles. The van der Waals surface area contributed by atoms with Crippen molar-refractivity contribution < 1.29 is 14.0 Å². The molecule has 1 aliphatic rings. The summed E-state index contributed by atoms with van der Waals surface area (Å²) in [6.07, 6.45) is 3.07. The molecular formula is C20H17FN6O2. The van der Waals surface area contributed by atoms with Crippen LogP contribution in [0.3, 0.4) is 0 Å². The number of fused-ring (bicyclic) bond motifs is 1. The van der Waals surface area contributed by atoms with E-state index in [1.165, 1.54) is 11.1 Å². The van der Waals surface area contributed by atoms with E-state index in [1.54, 1.807) is 30.5 Å². The summed E-state index contributed by atoms with van der Waals surface area (Å²) >= 11 is 0. The van der Waals surface area contributed by atoms with Gasteiger partial charge in [0.1, 0.15) is 12.2 Å². The molecule has 0 atom stereocenters. The Balaban J connectivity index is 1.49. The lowest BCUT2D eigenvalue weighted by atomic mass is 10.0. The Hall–Kier alpha value is -3.80. The van der Waals surface area contributed by atoms with Gasteiger partial charge < -0.3 is 15.2 Å². The average molecular weight is 392 g/mol. The van der Waals surface area contributed by atoms with Crippen LogP contribution in [0.1, 0.15) is 15.9 Å². The number of rotatable bonds is 5. The van der Waals surface area contributed by atoms with E-state index in [2.05, 4.69) is 26.3 Å². The monoisotopic (exact) mass is 392 g/mol. The molecule has 1 saturated heterocycles. The summed E-state index contributed by atoms with van der Waals surface area (Å²) in [7, 11) is 0. The summed E-state index contributed by atoms with van der Waals surface area (Å²) < 4.78 is 12.7. The summed E-state index contributed by atoms with van der Waals surface area (Å²) in [5.74, 6) is -0.804. The Labute approximate surface area is 165 Å². The second-order valence-corrected chi connectivity index (χ2v) is 6.79. The first kappa shape index (κ1) is 18.6. The predicted octanol–water partition coefficient (Wildman–Crippen LogP) is 1.81. The Morgan fingerprint density at radius 3 is 2.76 bits per heavy atom. The predicted molar refractivity (Wildman–Crippen MR) is 102 cm³/mol. The number of halogens is 1. The molecule has 0 aliphatic carbocycles. The topological polar surface area (TPSA) is 115 Å². The average Bonchev–Trinajstić information content (AvgIpc) is 3.14. The number of carbonyl (C=O) groups is 2. The number of nitrogens with one attached hydrogen (secondary N) is 2. The van der Waals surface area contributed by atoms with E-state index < -0.39 is 12.6 Å². The van der Waals surface area contributed by atoms with Crippen LogP contribution in [0.2, 0.25) is 0 Å². The van der Waals surface area contributed by atoms with Crippen LogP contribution >= 0.6 is 0 Å². The number of likely N-dealkylation sites (tertiary alicyclic amines) is 1. The summed E-state index contributed by atoms with van der Waals surface area (Å²) in [6, 6.07) is 8.94. The maximum atomic E-state index is 12.7. The van der Waals surface area contributed by atoms with Gasteiger partial charge >= 0.3 is 0 Å². The quantitative estimate of drug-likeness (QED) is 0.687. The van der Waals surface area contributed by atoms with Gasteiger partial charge in [0.05, 0.1) is 36.0 Å². The molecule has 1 aliphatic heterocycles. The maximum absolute atomic E-state index is 12.7. The number of benzene rings is 1. The van der Waals surface area contributed by atoms with Gasteiger partial charge in [-0.15, -0.1) is 0 Å². The van der Waals surface area contributed by atoms with Crippen LogP contribution in [0, 0.1) is 17.2 Å². The number of aromatic nitrogens is 3. The second-order valence-electron chi connectivity index (χ2n) is 6.79. The summed E-state index contributed by atoms with van der Waals surface area (Å²) in [4.78, 5) is 37.8. The number of hydrogen-bond acceptors (Lipinski definition) is 5. The van der Waals surface area contributed by atoms with Crippen LogP contribution < -0.4 is 5.32 Å². The molecule has 0 unspecified atom stereocenters. The van der Waals surface area contributed by atoms with Crippen molar-refractivity contribution in [1.29, 1.82) is 5.26 Å². The van der Waals surface area contributed by atoms with Crippen LogP contribution in [-0.2, 0) is 11.5 Å². The number of alkyl halides is 1. The molecule has 8 nitrogen and oxygen atoms in total. The van der Waals surface area contributed by atoms with Gasteiger partial charge in [-0.1, -0.05) is 24.3 Å². The minimum Gasteiger partial charge on any atom is -0.344 e. The number of H-pyrrole nitrogens is 1. The number of amides is 2. The van der Waals surface area contributed by atoms with Gasteiger partial charge in [0, 0.05) is 24.8 Å². The highest BCUT2D eigenvalue weighted by Crippen LogP contribution is 2.22. The third kappa shape index (κ3) is 3.65. The van der Waals surface area contributed by atoms with E-state index in [1.807, 2.05) is 0 Å². The molecule has 2 N–H and O–H groups in total. The lowest BCUT2D eigenvalue weighted by molar-refractivity contribution is -0.135. The van der Waals surface area contributed by atoms with Crippen molar-refractivity contribution in [2.45, 2.75) is 6.67 Å². The lowest BCUT2D eigenvalue weighted by Gasteiger charge is -2.35. The number of aromatic amines is 1. The van der Waals surface area contributed by atoms with E-state index in [0.29, 0.717) is 35.5 Å². The van der Waals surface area contributed by atoms with Crippen molar-refractivity contribution in [2.75, 3.05) is 19.6 Å². The molecule has 0 bridgehead atoms. The van der Waals surface area contributed by atoms with E-state index in [-0.39, 0.29) is 23.9 Å². The smallest absolute Gasteiger partial charge is 0.255 e. The Morgan fingerprint density at radius 1 is 1.31 bits per heavy atom. The minimum absolute atomic E-state index is 0.129. The molecule has 4 rings (SSSR count). The molecule has 0 saturated carbocycles. The van der Waals surface area contributed by atoms with Gasteiger partial charge in [0.15, 0.2) is 5.65 Å². The van der Waals surface area contributed by atoms with Crippen LogP contribution in [0.5, 0.6) is 0 Å². The minimum atomic E-state index is -0.541. The largest absolute Gasteiger partial charge is 0.344 e. The first-order valence-electron chi connectivity index (χ1n) is 9.04. The number of nitriles is 1. The Morgan fingerprint density at radius 2 is 2.07 bits per heavy atom. The zero-order valence-electron chi connectivity index (χ0n) is 15.4. The Bertz CT molecular complexity index is 1110. The maximum Gasteiger partial charge on any atom is 0.255 e. The third-order valence-corrected chi connectivity index (χ3v) is 4.85. The lowest BCUT2D eigenvalue weighted by Crippen LogP contribution is -2.52. The third-order valence-electron chi connectivity index (χ3n) is 4.85. The van der Waals surface area contributed by atoms with Crippen molar-refractivity contribution in [3.63, 3.8) is 0 Å². The zero-order valence-corrected chi connectivity index (χ0v) is 15.4. The van der Waals surface area contributed by atoms with Gasteiger partial charge in [0.2, 0.25) is 5.91 Å². The van der Waals surface area contributed by atoms with E-state index in [9.17, 15) is 14.0 Å². The fourth-order valence-corrected chi connectivity index (χ4v) is 3.09. The molecule has 0 radical (unpaired) electrons. The number of nitrogens with zero attached hydrogens (tertiary/aromatic N) is 4. The van der Waals surface area contributed by atoms with Gasteiger partial charge in [-0.3, -0.25) is 9.59 Å². The molecule has 2 amide bonds. The van der Waals surface area contributed by atoms with Crippen molar-refractivity contribution >= 4 is 23.0 Å². The van der Waals surface area contributed by atoms with E-state index >= 15 is 0 Å². The van der Waals surface area contributed by atoms with Crippen molar-refractivity contribution in [3.05, 3.63) is 47.8 Å². The van der Waals surface area contributed by atoms with Gasteiger partial charge in [0.25, 0.3) is 5.91 Å². The zero-order chi connectivity index (χ0) is 20.4. The molecule has 9 heteroatoms. The summed E-state index contributed by atoms with van der Waals surface area (Å²) in [5.41, 5.74) is 2.99. The molecule has 146 valence electrons. The van der Waals surface area contributed by atoms with E-state index in [0.717, 1.165) is 5.56 Å². The molecule has 1 aromatic carbocycles. The summed E-state index contributed by atoms with van der Waals surface area (Å²) in [5, 5.41) is 11.4. The fourth-order valence-electron chi connectivity index (χ4n) is 3.09. The van der Waals surface area contributed by atoms with Crippen LogP contribution in [0.4, 0.5) is 4.39 Å². The first-order chi connectivity index (χ1) is 14.1. The van der Waals surface area contributed by atoms with Crippen LogP contribution in [0.25, 0.3) is 22.4 Å². The SMILES string of the molecule is N#CC1CN(C(=O)CNC(=O)c2c[nH]c3ncc(-c4ccc(CF)cc4)nc23)C1. The molecule has 1 fully saturated rings. The highest BCUT2D eigenvalue weighted by atomic mass is 19.1. The fraction of sp³-hybridized carbons (Fsp3) is 0.250. The van der Waals surface area contributed by atoms with Crippen LogP contribution in [0.15, 0.2) is 36.7 Å². The van der Waals surface area contributed by atoms with Crippen molar-refractivity contribution in [3.8, 4) is 17.3 Å². The van der Waals surface area contributed by atoms with E-state index in [4.69, 9.17) is 5.26 Å². The molecule has 3 heterocycles. The van der Waals surface area contributed by atoms with Crippen LogP contribution in [-0.4, -0.2) is 51.3 Å². The van der Waals surface area contributed by atoms with Crippen molar-refractivity contribution in [1.82, 2.24) is 25.2 Å². The molecule has 3 aromatic rings.